The average Bonchev–Trinajstić information content (AvgIpc) is 2.17. The van der Waals surface area contributed by atoms with Gasteiger partial charge in [0, 0.05) is 12.1 Å². The van der Waals surface area contributed by atoms with Crippen LogP contribution in [0, 0.1) is 10.1 Å². The summed E-state index contributed by atoms with van der Waals surface area (Å²) in [5.41, 5.74) is -0.261. The van der Waals surface area contributed by atoms with E-state index in [9.17, 15) is 20.0 Å². The zero-order valence-electron chi connectivity index (χ0n) is 6.94. The van der Waals surface area contributed by atoms with Crippen LogP contribution in [0.5, 0.6) is 5.75 Å². The fraction of sp³-hybridized carbons (Fsp3) is 0.125. The van der Waals surface area contributed by atoms with Crippen molar-refractivity contribution in [1.29, 1.82) is 0 Å². The van der Waals surface area contributed by atoms with Gasteiger partial charge in [-0.2, -0.15) is 0 Å². The van der Waals surface area contributed by atoms with Gasteiger partial charge < -0.3 is 5.11 Å². The number of nitro groups is 1. The van der Waals surface area contributed by atoms with E-state index in [2.05, 4.69) is 15.9 Å². The lowest BCUT2D eigenvalue weighted by Crippen LogP contribution is -2.01. The first-order valence-corrected chi connectivity index (χ1v) is 4.75. The summed E-state index contributed by atoms with van der Waals surface area (Å²) in [5, 5.41) is 19.6. The number of Topliss-reactive ketones (excluding diaryl/α,β-unsaturated/α-hetero) is 1. The lowest BCUT2D eigenvalue weighted by molar-refractivity contribution is -0.384. The number of carbonyl (C=O) groups is 1. The Hall–Kier alpha value is -1.43. The number of non-ortho nitro benzene ring substituents is 1. The Balaban J connectivity index is 3.21. The predicted molar refractivity (Wildman–Crippen MR) is 52.9 cm³/mol. The third-order valence-electron chi connectivity index (χ3n) is 1.61. The second kappa shape index (κ2) is 4.19. The second-order valence-corrected chi connectivity index (χ2v) is 3.08. The van der Waals surface area contributed by atoms with Crippen LogP contribution in [0.2, 0.25) is 0 Å². The maximum Gasteiger partial charge on any atom is 0.270 e. The maximum atomic E-state index is 11.2. The molecule has 0 aliphatic heterocycles. The molecule has 1 rings (SSSR count). The van der Waals surface area contributed by atoms with Crippen LogP contribution in [0.4, 0.5) is 5.69 Å². The number of phenolic OH excluding ortho intramolecular Hbond substituents is 1. The van der Waals surface area contributed by atoms with Crippen LogP contribution in [0.3, 0.4) is 0 Å². The standard InChI is InChI=1S/C8H6BrNO4/c9-4-8(12)6-3-5(10(13)14)1-2-7(6)11/h1-3,11H,4H2. The van der Waals surface area contributed by atoms with Gasteiger partial charge in [-0.3, -0.25) is 14.9 Å². The highest BCUT2D eigenvalue weighted by atomic mass is 79.9. The Labute approximate surface area is 87.6 Å². The summed E-state index contributed by atoms with van der Waals surface area (Å²) in [7, 11) is 0. The number of benzene rings is 1. The van der Waals surface area contributed by atoms with Gasteiger partial charge in [-0.25, -0.2) is 0 Å². The quantitative estimate of drug-likeness (QED) is 0.389. The van der Waals surface area contributed by atoms with E-state index in [0.717, 1.165) is 18.2 Å². The van der Waals surface area contributed by atoms with Crippen molar-refractivity contribution in [3.05, 3.63) is 33.9 Å². The first-order valence-electron chi connectivity index (χ1n) is 3.63. The van der Waals surface area contributed by atoms with Crippen LogP contribution in [-0.4, -0.2) is 21.1 Å². The van der Waals surface area contributed by atoms with Crippen LogP contribution in [0.25, 0.3) is 0 Å². The zero-order chi connectivity index (χ0) is 10.7. The van der Waals surface area contributed by atoms with E-state index in [1.807, 2.05) is 0 Å². The third-order valence-corrected chi connectivity index (χ3v) is 2.12. The van der Waals surface area contributed by atoms with Gasteiger partial charge in [-0.05, 0) is 6.07 Å². The number of phenols is 1. The summed E-state index contributed by atoms with van der Waals surface area (Å²) < 4.78 is 0. The van der Waals surface area contributed by atoms with E-state index in [0.29, 0.717) is 0 Å². The number of hydrogen-bond donors (Lipinski definition) is 1. The van der Waals surface area contributed by atoms with E-state index < -0.39 is 10.7 Å². The minimum absolute atomic E-state index is 0.0156. The Morgan fingerprint density at radius 1 is 1.57 bits per heavy atom. The van der Waals surface area contributed by atoms with E-state index in [-0.39, 0.29) is 22.3 Å². The number of ketones is 1. The van der Waals surface area contributed by atoms with Crippen LogP contribution in [0.1, 0.15) is 10.4 Å². The monoisotopic (exact) mass is 259 g/mol. The van der Waals surface area contributed by atoms with Gasteiger partial charge in [-0.1, -0.05) is 15.9 Å². The van der Waals surface area contributed by atoms with Crippen molar-refractivity contribution in [1.82, 2.24) is 0 Å². The number of carbonyl (C=O) groups excluding carboxylic acids is 1. The number of hydrogen-bond acceptors (Lipinski definition) is 4. The normalized spacial score (nSPS) is 9.79. The van der Waals surface area contributed by atoms with Crippen molar-refractivity contribution < 1.29 is 14.8 Å². The van der Waals surface area contributed by atoms with Gasteiger partial charge in [0.15, 0.2) is 5.78 Å². The molecule has 6 heteroatoms. The molecule has 1 aromatic rings. The molecule has 14 heavy (non-hydrogen) atoms. The molecule has 5 nitrogen and oxygen atoms in total. The van der Waals surface area contributed by atoms with Crippen molar-refractivity contribution in [2.45, 2.75) is 0 Å². The Bertz CT molecular complexity index is 391. The minimum atomic E-state index is -0.621. The molecule has 0 heterocycles. The minimum Gasteiger partial charge on any atom is -0.507 e. The summed E-state index contributed by atoms with van der Waals surface area (Å²) in [6.45, 7) is 0. The molecule has 74 valence electrons. The molecule has 0 aliphatic rings. The summed E-state index contributed by atoms with van der Waals surface area (Å²) in [6, 6.07) is 3.33. The van der Waals surface area contributed by atoms with Gasteiger partial charge in [0.2, 0.25) is 0 Å². The SMILES string of the molecule is O=C(CBr)c1cc([N+](=O)[O-])ccc1O. The number of rotatable bonds is 3. The number of nitro benzene ring substituents is 1. The topological polar surface area (TPSA) is 80.4 Å². The molecule has 1 N–H and O–H groups in total. The largest absolute Gasteiger partial charge is 0.507 e. The smallest absolute Gasteiger partial charge is 0.270 e. The molecule has 0 aromatic heterocycles. The highest BCUT2D eigenvalue weighted by Gasteiger charge is 2.14. The van der Waals surface area contributed by atoms with Gasteiger partial charge in [-0.15, -0.1) is 0 Å². The molecule has 0 bridgehead atoms. The average molecular weight is 260 g/mol. The van der Waals surface area contributed by atoms with Crippen molar-refractivity contribution in [3.63, 3.8) is 0 Å². The van der Waals surface area contributed by atoms with Crippen LogP contribution >= 0.6 is 15.9 Å². The van der Waals surface area contributed by atoms with E-state index in [4.69, 9.17) is 0 Å². The van der Waals surface area contributed by atoms with Crippen molar-refractivity contribution >= 4 is 27.4 Å². The molecule has 0 fully saturated rings. The van der Waals surface area contributed by atoms with E-state index in [1.54, 1.807) is 0 Å². The van der Waals surface area contributed by atoms with Gasteiger partial charge in [0.1, 0.15) is 5.75 Å². The molecule has 1 aromatic carbocycles. The predicted octanol–water partition coefficient (Wildman–Crippen LogP) is 1.88. The molecule has 0 unspecified atom stereocenters. The number of nitrogens with zero attached hydrogens (tertiary/aromatic N) is 1. The lowest BCUT2D eigenvalue weighted by atomic mass is 10.1. The van der Waals surface area contributed by atoms with E-state index >= 15 is 0 Å². The van der Waals surface area contributed by atoms with Crippen LogP contribution in [-0.2, 0) is 0 Å². The summed E-state index contributed by atoms with van der Waals surface area (Å²) in [6.07, 6.45) is 0. The molecule has 0 radical (unpaired) electrons. The number of halogens is 1. The highest BCUT2D eigenvalue weighted by molar-refractivity contribution is 9.09. The summed E-state index contributed by atoms with van der Waals surface area (Å²) >= 11 is 2.92. The molecule has 0 saturated carbocycles. The lowest BCUT2D eigenvalue weighted by Gasteiger charge is -2.00. The number of aromatic hydroxyl groups is 1. The summed E-state index contributed by atoms with van der Waals surface area (Å²) in [5.74, 6) is -0.647. The molecule has 0 saturated heterocycles. The van der Waals surface area contributed by atoms with Gasteiger partial charge in [0.05, 0.1) is 15.8 Å². The van der Waals surface area contributed by atoms with Gasteiger partial charge >= 0.3 is 0 Å². The molecular weight excluding hydrogens is 254 g/mol. The molecular formula is C8H6BrNO4. The number of alkyl halides is 1. The Morgan fingerprint density at radius 2 is 2.21 bits per heavy atom. The van der Waals surface area contributed by atoms with Crippen molar-refractivity contribution in [2.24, 2.45) is 0 Å². The fourth-order valence-corrected chi connectivity index (χ4v) is 1.23. The summed E-state index contributed by atoms with van der Waals surface area (Å²) in [4.78, 5) is 20.9. The molecule has 0 atom stereocenters. The first-order chi connectivity index (χ1) is 6.56. The van der Waals surface area contributed by atoms with Crippen molar-refractivity contribution in [2.75, 3.05) is 5.33 Å². The zero-order valence-corrected chi connectivity index (χ0v) is 8.52. The highest BCUT2D eigenvalue weighted by Crippen LogP contribution is 2.23. The molecule has 0 amide bonds. The Kier molecular flexibility index (Phi) is 3.19. The Morgan fingerprint density at radius 3 is 2.71 bits per heavy atom. The molecule has 0 spiro atoms. The van der Waals surface area contributed by atoms with Crippen LogP contribution < -0.4 is 0 Å². The fourth-order valence-electron chi connectivity index (χ4n) is 0.933. The third kappa shape index (κ3) is 2.08. The maximum absolute atomic E-state index is 11.2. The van der Waals surface area contributed by atoms with Gasteiger partial charge in [0.25, 0.3) is 5.69 Å². The molecule has 0 aliphatic carbocycles. The van der Waals surface area contributed by atoms with Crippen molar-refractivity contribution in [3.8, 4) is 5.75 Å². The van der Waals surface area contributed by atoms with E-state index in [1.165, 1.54) is 0 Å². The van der Waals surface area contributed by atoms with Crippen LogP contribution in [0.15, 0.2) is 18.2 Å². The second-order valence-electron chi connectivity index (χ2n) is 2.52. The first kappa shape index (κ1) is 10.6.